The highest BCUT2D eigenvalue weighted by atomic mass is 32.2. The molecule has 0 radical (unpaired) electrons. The van der Waals surface area contributed by atoms with E-state index in [1.54, 1.807) is 12.1 Å². The van der Waals surface area contributed by atoms with Gasteiger partial charge >= 0.3 is 0 Å². The van der Waals surface area contributed by atoms with Gasteiger partial charge in [0.05, 0.1) is 10.1 Å². The molecule has 0 atom stereocenters. The summed E-state index contributed by atoms with van der Waals surface area (Å²) in [6.45, 7) is 2.02. The Morgan fingerprint density at radius 3 is 2.12 bits per heavy atom. The molecule has 86 valence electrons. The van der Waals surface area contributed by atoms with Crippen LogP contribution in [0.5, 0.6) is 0 Å². The Bertz CT molecular complexity index is 484. The van der Waals surface area contributed by atoms with Gasteiger partial charge in [0.1, 0.15) is 0 Å². The normalized spacial score (nSPS) is 21.8. The predicted molar refractivity (Wildman–Crippen MR) is 62.3 cm³/mol. The summed E-state index contributed by atoms with van der Waals surface area (Å²) in [7, 11) is -3.01. The lowest BCUT2D eigenvalue weighted by Gasteiger charge is -2.27. The largest absolute Gasteiger partial charge is 0.315 e. The Kier molecular flexibility index (Phi) is 2.30. The average molecular weight is 237 g/mol. The molecule has 0 spiro atoms. The lowest BCUT2D eigenvalue weighted by atomic mass is 9.94. The van der Waals surface area contributed by atoms with Crippen LogP contribution < -0.4 is 5.32 Å². The third-order valence-corrected chi connectivity index (χ3v) is 5.70. The highest BCUT2D eigenvalue weighted by molar-refractivity contribution is 7.92. The Morgan fingerprint density at radius 2 is 1.69 bits per heavy atom. The predicted octanol–water partition coefficient (Wildman–Crippen LogP) is 1.31. The van der Waals surface area contributed by atoms with E-state index in [-0.39, 0.29) is 5.25 Å². The zero-order chi connectivity index (χ0) is 11.2. The van der Waals surface area contributed by atoms with E-state index in [4.69, 9.17) is 0 Å². The Morgan fingerprint density at radius 1 is 1.06 bits per heavy atom. The maximum absolute atomic E-state index is 11.9. The van der Waals surface area contributed by atoms with Gasteiger partial charge < -0.3 is 5.32 Å². The zero-order valence-electron chi connectivity index (χ0n) is 9.02. The van der Waals surface area contributed by atoms with Crippen molar-refractivity contribution in [3.05, 3.63) is 29.8 Å². The highest BCUT2D eigenvalue weighted by Crippen LogP contribution is 2.34. The second kappa shape index (κ2) is 3.57. The standard InChI is InChI=1S/C12H15NO2S/c14-16(15,12-5-6-12)11-3-1-9(2-4-11)10-7-13-8-10/h1-4,10,12-13H,5-8H2. The molecule has 1 N–H and O–H groups in total. The molecule has 0 amide bonds. The van der Waals surface area contributed by atoms with Gasteiger partial charge in [-0.15, -0.1) is 0 Å². The van der Waals surface area contributed by atoms with Gasteiger partial charge in [-0.2, -0.15) is 0 Å². The van der Waals surface area contributed by atoms with Crippen molar-refractivity contribution >= 4 is 9.84 Å². The number of hydrogen-bond donors (Lipinski definition) is 1. The van der Waals surface area contributed by atoms with Crippen LogP contribution in [0, 0.1) is 0 Å². The quantitative estimate of drug-likeness (QED) is 0.862. The molecule has 1 saturated heterocycles. The zero-order valence-corrected chi connectivity index (χ0v) is 9.83. The van der Waals surface area contributed by atoms with Crippen molar-refractivity contribution in [1.29, 1.82) is 0 Å². The van der Waals surface area contributed by atoms with Crippen LogP contribution in [-0.4, -0.2) is 26.8 Å². The molecular formula is C12H15NO2S. The second-order valence-corrected chi connectivity index (χ2v) is 6.90. The molecule has 1 saturated carbocycles. The van der Waals surface area contributed by atoms with E-state index in [9.17, 15) is 8.42 Å². The number of nitrogens with one attached hydrogen (secondary N) is 1. The van der Waals surface area contributed by atoms with E-state index in [0.717, 1.165) is 25.9 Å². The third kappa shape index (κ3) is 1.66. The minimum atomic E-state index is -3.01. The molecule has 3 rings (SSSR count). The van der Waals surface area contributed by atoms with Crippen molar-refractivity contribution in [2.45, 2.75) is 28.9 Å². The van der Waals surface area contributed by atoms with Crippen LogP contribution in [0.4, 0.5) is 0 Å². The average Bonchev–Trinajstić information content (AvgIpc) is 2.99. The summed E-state index contributed by atoms with van der Waals surface area (Å²) in [6, 6.07) is 7.45. The van der Waals surface area contributed by atoms with E-state index >= 15 is 0 Å². The summed E-state index contributed by atoms with van der Waals surface area (Å²) >= 11 is 0. The molecule has 1 aromatic rings. The molecule has 2 fully saturated rings. The first-order valence-electron chi connectivity index (χ1n) is 5.72. The van der Waals surface area contributed by atoms with Gasteiger partial charge in [-0.25, -0.2) is 8.42 Å². The molecule has 16 heavy (non-hydrogen) atoms. The van der Waals surface area contributed by atoms with Crippen LogP contribution in [0.1, 0.15) is 24.3 Å². The summed E-state index contributed by atoms with van der Waals surface area (Å²) in [5, 5.41) is 3.11. The fourth-order valence-corrected chi connectivity index (χ4v) is 3.68. The Hall–Kier alpha value is -0.870. The molecule has 1 aromatic carbocycles. The van der Waals surface area contributed by atoms with Crippen LogP contribution in [-0.2, 0) is 9.84 Å². The van der Waals surface area contributed by atoms with E-state index in [1.165, 1.54) is 5.56 Å². The number of hydrogen-bond acceptors (Lipinski definition) is 3. The molecule has 0 aromatic heterocycles. The van der Waals surface area contributed by atoms with Gasteiger partial charge in [-0.3, -0.25) is 0 Å². The number of benzene rings is 1. The first kappa shape index (κ1) is 10.3. The molecule has 1 aliphatic carbocycles. The fourth-order valence-electron chi connectivity index (χ4n) is 2.02. The van der Waals surface area contributed by atoms with Gasteiger partial charge in [0.25, 0.3) is 0 Å². The summed E-state index contributed by atoms with van der Waals surface area (Å²) in [4.78, 5) is 0.492. The van der Waals surface area contributed by atoms with Crippen LogP contribution >= 0.6 is 0 Å². The maximum Gasteiger partial charge on any atom is 0.181 e. The summed E-state index contributed by atoms with van der Waals surface area (Å²) in [6.07, 6.45) is 1.66. The number of sulfone groups is 1. The summed E-state index contributed by atoms with van der Waals surface area (Å²) in [5.41, 5.74) is 1.24. The molecular weight excluding hydrogens is 222 g/mol. The SMILES string of the molecule is O=S(=O)(c1ccc(C2CNC2)cc1)C1CC1. The van der Waals surface area contributed by atoms with Gasteiger partial charge in [0.15, 0.2) is 9.84 Å². The van der Waals surface area contributed by atoms with E-state index in [1.807, 2.05) is 12.1 Å². The van der Waals surface area contributed by atoms with Crippen molar-refractivity contribution in [1.82, 2.24) is 5.32 Å². The van der Waals surface area contributed by atoms with Crippen molar-refractivity contribution in [2.24, 2.45) is 0 Å². The highest BCUT2D eigenvalue weighted by Gasteiger charge is 2.36. The monoisotopic (exact) mass is 237 g/mol. The van der Waals surface area contributed by atoms with Gasteiger partial charge in [-0.1, -0.05) is 12.1 Å². The Balaban J connectivity index is 1.86. The number of rotatable bonds is 3. The van der Waals surface area contributed by atoms with Crippen LogP contribution in [0.25, 0.3) is 0 Å². The second-order valence-electron chi connectivity index (χ2n) is 4.67. The van der Waals surface area contributed by atoms with Crippen LogP contribution in [0.15, 0.2) is 29.2 Å². The van der Waals surface area contributed by atoms with Gasteiger partial charge in [0.2, 0.25) is 0 Å². The first-order valence-corrected chi connectivity index (χ1v) is 7.27. The van der Waals surface area contributed by atoms with E-state index < -0.39 is 9.84 Å². The Labute approximate surface area is 95.8 Å². The lowest BCUT2D eigenvalue weighted by molar-refractivity contribution is 0.448. The van der Waals surface area contributed by atoms with Crippen molar-refractivity contribution in [3.8, 4) is 0 Å². The fraction of sp³-hybridized carbons (Fsp3) is 0.500. The molecule has 4 heteroatoms. The maximum atomic E-state index is 11.9. The smallest absolute Gasteiger partial charge is 0.181 e. The van der Waals surface area contributed by atoms with Crippen LogP contribution in [0.3, 0.4) is 0 Å². The molecule has 0 bridgehead atoms. The minimum absolute atomic E-state index is 0.108. The van der Waals surface area contributed by atoms with Crippen molar-refractivity contribution < 1.29 is 8.42 Å². The summed E-state index contributed by atoms with van der Waals surface area (Å²) in [5.74, 6) is 0.567. The molecule has 1 aliphatic heterocycles. The van der Waals surface area contributed by atoms with Crippen molar-refractivity contribution in [2.75, 3.05) is 13.1 Å². The molecule has 2 aliphatic rings. The van der Waals surface area contributed by atoms with Crippen LogP contribution in [0.2, 0.25) is 0 Å². The molecule has 1 heterocycles. The van der Waals surface area contributed by atoms with E-state index in [0.29, 0.717) is 10.8 Å². The van der Waals surface area contributed by atoms with Crippen molar-refractivity contribution in [3.63, 3.8) is 0 Å². The molecule has 0 unspecified atom stereocenters. The third-order valence-electron chi connectivity index (χ3n) is 3.42. The topological polar surface area (TPSA) is 46.2 Å². The van der Waals surface area contributed by atoms with Gasteiger partial charge in [-0.05, 0) is 30.5 Å². The minimum Gasteiger partial charge on any atom is -0.315 e. The lowest BCUT2D eigenvalue weighted by Crippen LogP contribution is -2.39. The first-order chi connectivity index (χ1) is 7.68. The van der Waals surface area contributed by atoms with E-state index in [2.05, 4.69) is 5.32 Å². The van der Waals surface area contributed by atoms with Gasteiger partial charge in [0, 0.05) is 19.0 Å². The summed E-state index contributed by atoms with van der Waals surface area (Å²) < 4.78 is 23.9. The molecule has 3 nitrogen and oxygen atoms in total.